The fraction of sp³-hybridized carbons (Fsp3) is 0.632. The van der Waals surface area contributed by atoms with Crippen molar-refractivity contribution in [3.63, 3.8) is 0 Å². The molecule has 4 rings (SSSR count). The van der Waals surface area contributed by atoms with E-state index in [2.05, 4.69) is 38.5 Å². The van der Waals surface area contributed by atoms with Gasteiger partial charge in [0.05, 0.1) is 19.5 Å². The minimum atomic E-state index is 0.629. The zero-order valence-electron chi connectivity index (χ0n) is 15.5. The summed E-state index contributed by atoms with van der Waals surface area (Å²) in [6.07, 6.45) is 9.21. The maximum Gasteiger partial charge on any atom is 0.227 e. The third-order valence-electron chi connectivity index (χ3n) is 5.28. The lowest BCUT2D eigenvalue weighted by Gasteiger charge is -2.35. The molecule has 2 fully saturated rings. The number of aryl methyl sites for hydroxylation is 1. The van der Waals surface area contributed by atoms with Gasteiger partial charge in [-0.2, -0.15) is 4.98 Å². The average Bonchev–Trinajstić information content (AvgIpc) is 3.21. The molecule has 7 nitrogen and oxygen atoms in total. The summed E-state index contributed by atoms with van der Waals surface area (Å²) in [5.41, 5.74) is 1.12. The van der Waals surface area contributed by atoms with Crippen LogP contribution in [0.5, 0.6) is 0 Å². The number of hydrogen-bond donors (Lipinski definition) is 0. The number of hydrogen-bond acceptors (Lipinski definition) is 6. The van der Waals surface area contributed by atoms with Crippen molar-refractivity contribution >= 4 is 11.8 Å². The first-order chi connectivity index (χ1) is 12.8. The average molecular weight is 356 g/mol. The summed E-state index contributed by atoms with van der Waals surface area (Å²) in [7, 11) is 0. The highest BCUT2D eigenvalue weighted by Crippen LogP contribution is 2.25. The highest BCUT2D eigenvalue weighted by Gasteiger charge is 2.23. The van der Waals surface area contributed by atoms with E-state index in [1.54, 1.807) is 0 Å². The zero-order chi connectivity index (χ0) is 17.8. The van der Waals surface area contributed by atoms with Crippen molar-refractivity contribution in [2.45, 2.75) is 32.7 Å². The summed E-state index contributed by atoms with van der Waals surface area (Å²) in [5.74, 6) is 2.57. The van der Waals surface area contributed by atoms with Crippen molar-refractivity contribution in [2.24, 2.45) is 5.92 Å². The second-order valence-corrected chi connectivity index (χ2v) is 7.18. The molecule has 0 amide bonds. The number of aromatic nitrogens is 4. The minimum absolute atomic E-state index is 0.629. The Hall–Kier alpha value is -2.15. The van der Waals surface area contributed by atoms with Crippen molar-refractivity contribution in [1.82, 2.24) is 19.5 Å². The van der Waals surface area contributed by atoms with Crippen LogP contribution in [0.1, 0.15) is 25.5 Å². The topological polar surface area (TPSA) is 59.3 Å². The van der Waals surface area contributed by atoms with Crippen LogP contribution in [-0.4, -0.2) is 58.9 Å². The summed E-state index contributed by atoms with van der Waals surface area (Å²) in [4.78, 5) is 18.6. The van der Waals surface area contributed by atoms with Gasteiger partial charge in [-0.25, -0.2) is 9.97 Å². The molecule has 0 N–H and O–H groups in total. The molecule has 0 aliphatic carbocycles. The molecule has 1 unspecified atom stereocenters. The minimum Gasteiger partial charge on any atom is -0.378 e. The van der Waals surface area contributed by atoms with Crippen molar-refractivity contribution in [1.29, 1.82) is 0 Å². The number of rotatable bonds is 5. The Morgan fingerprint density at radius 2 is 2.04 bits per heavy atom. The van der Waals surface area contributed by atoms with E-state index < -0.39 is 0 Å². The SMILES string of the molecule is CCc1cc(N2CCCC(Cn3ccnc3)C2)nc(N2CCOCC2)n1. The fourth-order valence-electron chi connectivity index (χ4n) is 3.83. The Morgan fingerprint density at radius 1 is 1.15 bits per heavy atom. The van der Waals surface area contributed by atoms with Gasteiger partial charge < -0.3 is 19.1 Å². The normalized spacial score (nSPS) is 21.2. The molecule has 0 radical (unpaired) electrons. The van der Waals surface area contributed by atoms with E-state index in [1.165, 1.54) is 12.8 Å². The van der Waals surface area contributed by atoms with Gasteiger partial charge in [0.25, 0.3) is 0 Å². The molecule has 2 saturated heterocycles. The summed E-state index contributed by atoms with van der Waals surface area (Å²) in [6, 6.07) is 2.17. The lowest BCUT2D eigenvalue weighted by Crippen LogP contribution is -2.39. The van der Waals surface area contributed by atoms with Gasteiger partial charge in [0.2, 0.25) is 5.95 Å². The Balaban J connectivity index is 1.51. The molecule has 1 atom stereocenters. The first-order valence-electron chi connectivity index (χ1n) is 9.73. The maximum absolute atomic E-state index is 5.47. The number of piperidine rings is 1. The first-order valence-corrected chi connectivity index (χ1v) is 9.73. The summed E-state index contributed by atoms with van der Waals surface area (Å²) < 4.78 is 7.66. The number of anilines is 2. The number of imidazole rings is 1. The van der Waals surface area contributed by atoms with Crippen molar-refractivity contribution in [3.8, 4) is 0 Å². The van der Waals surface area contributed by atoms with Crippen LogP contribution in [0.25, 0.3) is 0 Å². The van der Waals surface area contributed by atoms with Gasteiger partial charge in [-0.1, -0.05) is 6.92 Å². The van der Waals surface area contributed by atoms with Crippen molar-refractivity contribution < 1.29 is 4.74 Å². The Kier molecular flexibility index (Phi) is 5.34. The predicted octanol–water partition coefficient (Wildman–Crippen LogP) is 1.99. The molecule has 2 aromatic rings. The third kappa shape index (κ3) is 3.98. The van der Waals surface area contributed by atoms with Crippen LogP contribution in [0.3, 0.4) is 0 Å². The molecule has 0 bridgehead atoms. The van der Waals surface area contributed by atoms with Gasteiger partial charge >= 0.3 is 0 Å². The van der Waals surface area contributed by atoms with Gasteiger partial charge in [0.1, 0.15) is 5.82 Å². The van der Waals surface area contributed by atoms with Crippen LogP contribution < -0.4 is 9.80 Å². The highest BCUT2D eigenvalue weighted by molar-refractivity contribution is 5.46. The molecule has 140 valence electrons. The van der Waals surface area contributed by atoms with Gasteiger partial charge in [-0.3, -0.25) is 0 Å². The van der Waals surface area contributed by atoms with Gasteiger partial charge in [-0.15, -0.1) is 0 Å². The lowest BCUT2D eigenvalue weighted by atomic mass is 9.98. The zero-order valence-corrected chi connectivity index (χ0v) is 15.5. The second kappa shape index (κ2) is 8.03. The van der Waals surface area contributed by atoms with E-state index in [0.717, 1.165) is 69.8 Å². The monoisotopic (exact) mass is 356 g/mol. The largest absolute Gasteiger partial charge is 0.378 e. The van der Waals surface area contributed by atoms with Crippen LogP contribution in [0.4, 0.5) is 11.8 Å². The quantitative estimate of drug-likeness (QED) is 0.817. The number of ether oxygens (including phenoxy) is 1. The molecule has 2 aromatic heterocycles. The van der Waals surface area contributed by atoms with E-state index in [0.29, 0.717) is 5.92 Å². The lowest BCUT2D eigenvalue weighted by molar-refractivity contribution is 0.122. The van der Waals surface area contributed by atoms with Crippen LogP contribution in [0, 0.1) is 5.92 Å². The summed E-state index contributed by atoms with van der Waals surface area (Å²) in [6.45, 7) is 8.55. The Labute approximate surface area is 155 Å². The molecule has 0 aromatic carbocycles. The van der Waals surface area contributed by atoms with Gasteiger partial charge in [-0.05, 0) is 25.2 Å². The highest BCUT2D eigenvalue weighted by atomic mass is 16.5. The molecule has 2 aliphatic rings. The third-order valence-corrected chi connectivity index (χ3v) is 5.28. The van der Waals surface area contributed by atoms with Gasteiger partial charge in [0.15, 0.2) is 0 Å². The molecule has 2 aliphatic heterocycles. The molecule has 4 heterocycles. The first kappa shape index (κ1) is 17.3. The Morgan fingerprint density at radius 3 is 2.81 bits per heavy atom. The van der Waals surface area contributed by atoms with Crippen molar-refractivity contribution in [2.75, 3.05) is 49.2 Å². The van der Waals surface area contributed by atoms with Crippen molar-refractivity contribution in [3.05, 3.63) is 30.5 Å². The summed E-state index contributed by atoms with van der Waals surface area (Å²) in [5, 5.41) is 0. The second-order valence-electron chi connectivity index (χ2n) is 7.18. The van der Waals surface area contributed by atoms with Gasteiger partial charge in [0, 0.05) is 56.9 Å². The van der Waals surface area contributed by atoms with E-state index in [9.17, 15) is 0 Å². The fourth-order valence-corrected chi connectivity index (χ4v) is 3.83. The maximum atomic E-state index is 5.47. The summed E-state index contributed by atoms with van der Waals surface area (Å²) >= 11 is 0. The number of nitrogens with zero attached hydrogens (tertiary/aromatic N) is 6. The van der Waals surface area contributed by atoms with Crippen LogP contribution in [0.15, 0.2) is 24.8 Å². The number of morpholine rings is 1. The molecular formula is C19H28N6O. The van der Waals surface area contributed by atoms with E-state index in [-0.39, 0.29) is 0 Å². The van der Waals surface area contributed by atoms with E-state index >= 15 is 0 Å². The van der Waals surface area contributed by atoms with E-state index in [1.807, 2.05) is 12.5 Å². The predicted molar refractivity (Wildman–Crippen MR) is 102 cm³/mol. The molecule has 7 heteroatoms. The Bertz CT molecular complexity index is 698. The standard InChI is InChI=1S/C19H28N6O/c1-2-17-12-18(22-19(21-17)24-8-10-26-11-9-24)25-6-3-4-16(14-25)13-23-7-5-20-15-23/h5,7,12,15-16H,2-4,6,8-11,13-14H2,1H3. The van der Waals surface area contributed by atoms with Crippen LogP contribution >= 0.6 is 0 Å². The molecule has 26 heavy (non-hydrogen) atoms. The molecule has 0 spiro atoms. The van der Waals surface area contributed by atoms with Crippen LogP contribution in [-0.2, 0) is 17.7 Å². The van der Waals surface area contributed by atoms with E-state index in [4.69, 9.17) is 14.7 Å². The molecular weight excluding hydrogens is 328 g/mol. The van der Waals surface area contributed by atoms with Crippen LogP contribution in [0.2, 0.25) is 0 Å². The smallest absolute Gasteiger partial charge is 0.227 e. The molecule has 0 saturated carbocycles.